The van der Waals surface area contributed by atoms with Crippen molar-refractivity contribution in [2.45, 2.75) is 45.8 Å². The fourth-order valence-electron chi connectivity index (χ4n) is 4.57. The molecule has 9 nitrogen and oxygen atoms in total. The lowest BCUT2D eigenvalue weighted by Gasteiger charge is -2.36. The topological polar surface area (TPSA) is 112 Å². The molecule has 0 radical (unpaired) electrons. The van der Waals surface area contributed by atoms with Crippen LogP contribution in [0.3, 0.4) is 0 Å². The number of aliphatic hydroxyl groups is 1. The van der Waals surface area contributed by atoms with Gasteiger partial charge in [-0.1, -0.05) is 24.6 Å². The molecule has 3 aromatic heterocycles. The van der Waals surface area contributed by atoms with E-state index >= 15 is 0 Å². The van der Waals surface area contributed by atoms with Gasteiger partial charge < -0.3 is 20.3 Å². The number of pyridine rings is 1. The van der Waals surface area contributed by atoms with E-state index in [1.54, 1.807) is 23.0 Å². The third-order valence-electron chi connectivity index (χ3n) is 6.86. The fraction of sp³-hybridized carbons (Fsp3) is 0.385. The second-order valence-corrected chi connectivity index (χ2v) is 9.81. The van der Waals surface area contributed by atoms with Gasteiger partial charge in [-0.25, -0.2) is 14.6 Å². The number of aromatic nitrogens is 5. The van der Waals surface area contributed by atoms with Crippen molar-refractivity contribution in [3.8, 4) is 5.82 Å². The number of hydrogen-bond donors (Lipinski definition) is 3. The number of rotatable bonds is 6. The molecule has 0 bridgehead atoms. The molecule has 4 aromatic rings. The first-order valence-corrected chi connectivity index (χ1v) is 12.6. The standard InChI is InChI=1S/C26H30ClN7O2/c1-4-33-8-7-20(23(35)14-33)29-22-11-21-18(10-19(22)27)26(36)31-24(30-21)9-17-5-6-25(28-12-17)34-13-15(2)16(3)32-34/h5-6,10-13,20,23,29,35H,4,7-9,14H2,1-3H3,(H,30,31,36)/t20-,23+/m1/s1. The van der Waals surface area contributed by atoms with Gasteiger partial charge in [-0.05, 0) is 56.1 Å². The Balaban J connectivity index is 1.37. The molecule has 1 aliphatic rings. The number of likely N-dealkylation sites (N-methyl/N-ethyl adjacent to an activating group) is 1. The van der Waals surface area contributed by atoms with Gasteiger partial charge in [0.25, 0.3) is 5.56 Å². The maximum atomic E-state index is 12.8. The minimum absolute atomic E-state index is 0.115. The second-order valence-electron chi connectivity index (χ2n) is 9.41. The number of fused-ring (bicyclic) bond motifs is 1. The number of benzene rings is 1. The van der Waals surface area contributed by atoms with Gasteiger partial charge in [-0.15, -0.1) is 0 Å². The third-order valence-corrected chi connectivity index (χ3v) is 7.17. The fourth-order valence-corrected chi connectivity index (χ4v) is 4.79. The lowest BCUT2D eigenvalue weighted by molar-refractivity contribution is 0.0627. The van der Waals surface area contributed by atoms with Gasteiger partial charge in [-0.3, -0.25) is 4.79 Å². The first-order chi connectivity index (χ1) is 17.3. The van der Waals surface area contributed by atoms with E-state index in [0.717, 1.165) is 42.1 Å². The van der Waals surface area contributed by atoms with Crippen LogP contribution in [0.5, 0.6) is 0 Å². The Morgan fingerprint density at radius 1 is 1.28 bits per heavy atom. The van der Waals surface area contributed by atoms with E-state index in [4.69, 9.17) is 16.6 Å². The molecule has 0 aliphatic carbocycles. The minimum atomic E-state index is -0.502. The molecule has 1 aromatic carbocycles. The zero-order valence-corrected chi connectivity index (χ0v) is 21.4. The van der Waals surface area contributed by atoms with Crippen LogP contribution in [0.4, 0.5) is 5.69 Å². The molecule has 1 aliphatic heterocycles. The van der Waals surface area contributed by atoms with E-state index in [0.29, 0.717) is 40.4 Å². The highest BCUT2D eigenvalue weighted by molar-refractivity contribution is 6.34. The van der Waals surface area contributed by atoms with Crippen molar-refractivity contribution in [3.63, 3.8) is 0 Å². The predicted octanol–water partition coefficient (Wildman–Crippen LogP) is 3.23. The highest BCUT2D eigenvalue weighted by atomic mass is 35.5. The maximum Gasteiger partial charge on any atom is 0.258 e. The van der Waals surface area contributed by atoms with Crippen LogP contribution < -0.4 is 10.9 Å². The molecule has 0 amide bonds. The van der Waals surface area contributed by atoms with Crippen LogP contribution in [-0.4, -0.2) is 66.5 Å². The van der Waals surface area contributed by atoms with Crippen molar-refractivity contribution in [2.24, 2.45) is 0 Å². The summed E-state index contributed by atoms with van der Waals surface area (Å²) in [5.74, 6) is 1.27. The zero-order chi connectivity index (χ0) is 25.4. The number of nitrogens with zero attached hydrogens (tertiary/aromatic N) is 5. The molecule has 1 saturated heterocycles. The molecule has 36 heavy (non-hydrogen) atoms. The monoisotopic (exact) mass is 507 g/mol. The SMILES string of the molecule is CCN1CC[C@@H](Nc2cc3nc(Cc4ccc(-n5cc(C)c(C)n5)nc4)[nH]c(=O)c3cc2Cl)[C@@H](O)C1. The zero-order valence-electron chi connectivity index (χ0n) is 20.6. The van der Waals surface area contributed by atoms with Crippen molar-refractivity contribution < 1.29 is 5.11 Å². The summed E-state index contributed by atoms with van der Waals surface area (Å²) in [4.78, 5) is 27.1. The van der Waals surface area contributed by atoms with Crippen LogP contribution in [0.1, 0.15) is 36.0 Å². The molecule has 0 spiro atoms. The van der Waals surface area contributed by atoms with Gasteiger partial charge in [0.2, 0.25) is 0 Å². The third kappa shape index (κ3) is 5.00. The van der Waals surface area contributed by atoms with Crippen LogP contribution in [0.25, 0.3) is 16.7 Å². The Morgan fingerprint density at radius 3 is 2.78 bits per heavy atom. The number of H-pyrrole nitrogens is 1. The highest BCUT2D eigenvalue weighted by Gasteiger charge is 2.27. The number of likely N-dealkylation sites (tertiary alicyclic amines) is 1. The number of piperidine rings is 1. The molecule has 2 atom stereocenters. The summed E-state index contributed by atoms with van der Waals surface area (Å²) in [7, 11) is 0. The summed E-state index contributed by atoms with van der Waals surface area (Å²) in [6.07, 6.45) is 4.44. The average Bonchev–Trinajstić information content (AvgIpc) is 3.20. The number of hydrogen-bond acceptors (Lipinski definition) is 7. The molecule has 4 heterocycles. The van der Waals surface area contributed by atoms with Crippen molar-refractivity contribution in [1.82, 2.24) is 29.6 Å². The Kier molecular flexibility index (Phi) is 6.79. The predicted molar refractivity (Wildman–Crippen MR) is 141 cm³/mol. The lowest BCUT2D eigenvalue weighted by atomic mass is 10.0. The Hall–Kier alpha value is -3.27. The summed E-state index contributed by atoms with van der Waals surface area (Å²) in [6.45, 7) is 8.51. The number of aryl methyl sites for hydroxylation is 2. The summed E-state index contributed by atoms with van der Waals surface area (Å²) in [5.41, 5.74) is 3.96. The average molecular weight is 508 g/mol. The molecule has 5 rings (SSSR count). The van der Waals surface area contributed by atoms with Crippen LogP contribution in [-0.2, 0) is 6.42 Å². The van der Waals surface area contributed by atoms with Crippen molar-refractivity contribution >= 4 is 28.2 Å². The van der Waals surface area contributed by atoms with Crippen LogP contribution in [0.2, 0.25) is 5.02 Å². The number of anilines is 1. The van der Waals surface area contributed by atoms with Gasteiger partial charge >= 0.3 is 0 Å². The Morgan fingerprint density at radius 2 is 2.11 bits per heavy atom. The van der Waals surface area contributed by atoms with Crippen LogP contribution in [0, 0.1) is 13.8 Å². The molecule has 0 unspecified atom stereocenters. The molecule has 10 heteroatoms. The van der Waals surface area contributed by atoms with E-state index in [9.17, 15) is 9.90 Å². The maximum absolute atomic E-state index is 12.8. The van der Waals surface area contributed by atoms with Crippen LogP contribution in [0.15, 0.2) is 41.5 Å². The van der Waals surface area contributed by atoms with E-state index in [1.807, 2.05) is 32.2 Å². The molecule has 1 fully saturated rings. The van der Waals surface area contributed by atoms with Gasteiger partial charge in [0.05, 0.1) is 39.5 Å². The summed E-state index contributed by atoms with van der Waals surface area (Å²) >= 11 is 6.49. The van der Waals surface area contributed by atoms with Gasteiger partial charge in [-0.2, -0.15) is 5.10 Å². The molecule has 0 saturated carbocycles. The molecular formula is C26H30ClN7O2. The number of halogens is 1. The summed E-state index contributed by atoms with van der Waals surface area (Å²) in [6, 6.07) is 7.16. The van der Waals surface area contributed by atoms with Crippen molar-refractivity contribution in [3.05, 3.63) is 74.7 Å². The first kappa shape index (κ1) is 24.4. The van der Waals surface area contributed by atoms with Gasteiger partial charge in [0, 0.05) is 31.9 Å². The van der Waals surface area contributed by atoms with Crippen LogP contribution >= 0.6 is 11.6 Å². The van der Waals surface area contributed by atoms with Crippen molar-refractivity contribution in [1.29, 1.82) is 0 Å². The van der Waals surface area contributed by atoms with Gasteiger partial charge in [0.1, 0.15) is 5.82 Å². The largest absolute Gasteiger partial charge is 0.390 e. The highest BCUT2D eigenvalue weighted by Crippen LogP contribution is 2.28. The Labute approximate surface area is 214 Å². The minimum Gasteiger partial charge on any atom is -0.390 e. The van der Waals surface area contributed by atoms with E-state index in [1.165, 1.54) is 0 Å². The summed E-state index contributed by atoms with van der Waals surface area (Å²) in [5, 5.41) is 19.3. The summed E-state index contributed by atoms with van der Waals surface area (Å²) < 4.78 is 1.76. The number of aliphatic hydroxyl groups excluding tert-OH is 1. The second kappa shape index (κ2) is 10.0. The first-order valence-electron chi connectivity index (χ1n) is 12.2. The Bertz CT molecular complexity index is 1430. The molecule has 3 N–H and O–H groups in total. The number of nitrogens with one attached hydrogen (secondary N) is 2. The molecule has 188 valence electrons. The van der Waals surface area contributed by atoms with E-state index < -0.39 is 6.10 Å². The number of β-amino-alcohol motifs (C(OH)–C–C–N with tert-alkyl or cyclic N) is 1. The van der Waals surface area contributed by atoms with Crippen molar-refractivity contribution in [2.75, 3.05) is 25.0 Å². The van der Waals surface area contributed by atoms with Gasteiger partial charge in [0.15, 0.2) is 5.82 Å². The van der Waals surface area contributed by atoms with E-state index in [-0.39, 0.29) is 11.6 Å². The lowest BCUT2D eigenvalue weighted by Crippen LogP contribution is -2.49. The normalized spacial score (nSPS) is 18.6. The number of aromatic amines is 1. The van der Waals surface area contributed by atoms with E-state index in [2.05, 4.69) is 32.2 Å². The smallest absolute Gasteiger partial charge is 0.258 e. The molecular weight excluding hydrogens is 478 g/mol. The quantitative estimate of drug-likeness (QED) is 0.367.